The molecule has 0 aliphatic rings. The Morgan fingerprint density at radius 2 is 1.45 bits per heavy atom. The number of methoxy groups -OCH3 is 4. The molecule has 0 amide bonds. The average molecular weight is 558 g/mol. The highest BCUT2D eigenvalue weighted by atomic mass is 127. The van der Waals surface area contributed by atoms with Crippen LogP contribution in [0, 0.1) is 3.57 Å². The average Bonchev–Trinajstić information content (AvgIpc) is 3.27. The second kappa shape index (κ2) is 9.62. The zero-order valence-corrected chi connectivity index (χ0v) is 20.8. The third-order valence-electron chi connectivity index (χ3n) is 5.28. The lowest BCUT2D eigenvalue weighted by Gasteiger charge is -2.17. The molecule has 0 bridgehead atoms. The first-order valence-electron chi connectivity index (χ1n) is 10.0. The minimum atomic E-state index is 0.0145. The Kier molecular flexibility index (Phi) is 6.64. The Morgan fingerprint density at radius 1 is 0.788 bits per heavy atom. The first-order chi connectivity index (χ1) is 16.0. The Balaban J connectivity index is 2.07. The van der Waals surface area contributed by atoms with Crippen molar-refractivity contribution in [1.82, 2.24) is 9.78 Å². The van der Waals surface area contributed by atoms with E-state index in [4.69, 9.17) is 18.9 Å². The van der Waals surface area contributed by atoms with Gasteiger partial charge in [-0.3, -0.25) is 0 Å². The summed E-state index contributed by atoms with van der Waals surface area (Å²) in [5.74, 6) is 2.19. The fourth-order valence-electron chi connectivity index (χ4n) is 3.70. The standard InChI is InChI=1S/C25H23IN2O5/c1-30-16-10-20(29)24(23(11-16)33-4)25-18(14-27-28(25)15-8-6-5-7-9-15)17-12-21(31-2)22(32-3)13-19(17)26/h5-14,29H,1-4H3. The predicted molar refractivity (Wildman–Crippen MR) is 135 cm³/mol. The molecule has 0 unspecified atom stereocenters. The van der Waals surface area contributed by atoms with Gasteiger partial charge in [0.2, 0.25) is 0 Å². The van der Waals surface area contributed by atoms with E-state index < -0.39 is 0 Å². The van der Waals surface area contributed by atoms with Gasteiger partial charge in [-0.05, 0) is 46.9 Å². The Bertz CT molecular complexity index is 1290. The van der Waals surface area contributed by atoms with E-state index in [0.29, 0.717) is 34.3 Å². The molecule has 1 N–H and O–H groups in total. The Morgan fingerprint density at radius 3 is 2.09 bits per heavy atom. The fraction of sp³-hybridized carbons (Fsp3) is 0.160. The number of para-hydroxylation sites is 1. The van der Waals surface area contributed by atoms with Crippen LogP contribution in [-0.4, -0.2) is 43.3 Å². The van der Waals surface area contributed by atoms with Crippen LogP contribution >= 0.6 is 22.6 Å². The van der Waals surface area contributed by atoms with E-state index in [0.717, 1.165) is 20.4 Å². The molecular formula is C25H23IN2O5. The van der Waals surface area contributed by atoms with Gasteiger partial charge >= 0.3 is 0 Å². The molecule has 0 saturated carbocycles. The maximum atomic E-state index is 11.1. The van der Waals surface area contributed by atoms with Crippen molar-refractivity contribution in [3.8, 4) is 56.8 Å². The number of aromatic nitrogens is 2. The van der Waals surface area contributed by atoms with E-state index in [-0.39, 0.29) is 5.75 Å². The van der Waals surface area contributed by atoms with E-state index in [2.05, 4.69) is 27.7 Å². The molecule has 0 spiro atoms. The summed E-state index contributed by atoms with van der Waals surface area (Å²) in [6.07, 6.45) is 1.77. The molecule has 0 fully saturated rings. The monoisotopic (exact) mass is 558 g/mol. The van der Waals surface area contributed by atoms with Gasteiger partial charge < -0.3 is 24.1 Å². The molecule has 33 heavy (non-hydrogen) atoms. The number of benzene rings is 3. The number of hydrogen-bond acceptors (Lipinski definition) is 6. The first-order valence-corrected chi connectivity index (χ1v) is 11.1. The summed E-state index contributed by atoms with van der Waals surface area (Å²) in [5.41, 5.74) is 3.68. The number of aromatic hydroxyl groups is 1. The molecule has 4 rings (SSSR count). The summed E-state index contributed by atoms with van der Waals surface area (Å²) in [5, 5.41) is 15.7. The first kappa shape index (κ1) is 22.8. The highest BCUT2D eigenvalue weighted by Gasteiger charge is 2.25. The summed E-state index contributed by atoms with van der Waals surface area (Å²) >= 11 is 2.26. The van der Waals surface area contributed by atoms with Crippen molar-refractivity contribution in [3.63, 3.8) is 0 Å². The molecule has 1 heterocycles. The molecule has 3 aromatic carbocycles. The topological polar surface area (TPSA) is 75.0 Å². The van der Waals surface area contributed by atoms with Crippen molar-refractivity contribution in [3.05, 3.63) is 64.4 Å². The van der Waals surface area contributed by atoms with Crippen molar-refractivity contribution in [2.75, 3.05) is 28.4 Å². The smallest absolute Gasteiger partial charge is 0.161 e. The van der Waals surface area contributed by atoms with Crippen LogP contribution in [0.15, 0.2) is 60.8 Å². The SMILES string of the molecule is COc1cc(O)c(-c2c(-c3cc(OC)c(OC)cc3I)cnn2-c2ccccc2)c(OC)c1. The van der Waals surface area contributed by atoms with Gasteiger partial charge in [-0.2, -0.15) is 5.10 Å². The van der Waals surface area contributed by atoms with Crippen LogP contribution in [-0.2, 0) is 0 Å². The minimum Gasteiger partial charge on any atom is -0.507 e. The normalized spacial score (nSPS) is 10.7. The molecule has 7 nitrogen and oxygen atoms in total. The zero-order valence-electron chi connectivity index (χ0n) is 18.6. The van der Waals surface area contributed by atoms with Crippen LogP contribution in [0.1, 0.15) is 0 Å². The van der Waals surface area contributed by atoms with Gasteiger partial charge in [0, 0.05) is 26.8 Å². The van der Waals surface area contributed by atoms with E-state index in [1.165, 1.54) is 0 Å². The molecule has 0 aliphatic carbocycles. The van der Waals surface area contributed by atoms with Crippen LogP contribution in [0.4, 0.5) is 0 Å². The number of rotatable bonds is 7. The number of ether oxygens (including phenoxy) is 4. The second-order valence-electron chi connectivity index (χ2n) is 7.07. The predicted octanol–water partition coefficient (Wildman–Crippen LogP) is 5.55. The fourth-order valence-corrected chi connectivity index (χ4v) is 4.43. The zero-order chi connectivity index (χ0) is 23.5. The third kappa shape index (κ3) is 4.18. The number of nitrogens with zero attached hydrogens (tertiary/aromatic N) is 2. The van der Waals surface area contributed by atoms with Crippen molar-refractivity contribution >= 4 is 22.6 Å². The Hall–Kier alpha value is -3.40. The van der Waals surface area contributed by atoms with Crippen molar-refractivity contribution in [1.29, 1.82) is 0 Å². The van der Waals surface area contributed by atoms with Gasteiger partial charge in [0.1, 0.15) is 17.2 Å². The van der Waals surface area contributed by atoms with Crippen molar-refractivity contribution in [2.24, 2.45) is 0 Å². The van der Waals surface area contributed by atoms with Crippen LogP contribution < -0.4 is 18.9 Å². The summed E-state index contributed by atoms with van der Waals surface area (Å²) in [4.78, 5) is 0. The number of hydrogen-bond donors (Lipinski definition) is 1. The van der Waals surface area contributed by atoms with E-state index >= 15 is 0 Å². The lowest BCUT2D eigenvalue weighted by Crippen LogP contribution is -2.02. The van der Waals surface area contributed by atoms with Gasteiger partial charge in [0.15, 0.2) is 11.5 Å². The molecule has 4 aromatic rings. The summed E-state index contributed by atoms with van der Waals surface area (Å²) in [6.45, 7) is 0. The largest absolute Gasteiger partial charge is 0.507 e. The van der Waals surface area contributed by atoms with Crippen LogP contribution in [0.2, 0.25) is 0 Å². The van der Waals surface area contributed by atoms with Crippen molar-refractivity contribution in [2.45, 2.75) is 0 Å². The van der Waals surface area contributed by atoms with Gasteiger partial charge in [-0.25, -0.2) is 4.68 Å². The van der Waals surface area contributed by atoms with Crippen molar-refractivity contribution < 1.29 is 24.1 Å². The van der Waals surface area contributed by atoms with Gasteiger partial charge in [0.05, 0.1) is 51.6 Å². The molecule has 0 radical (unpaired) electrons. The van der Waals surface area contributed by atoms with E-state index in [1.807, 2.05) is 42.5 Å². The highest BCUT2D eigenvalue weighted by molar-refractivity contribution is 14.1. The quantitative estimate of drug-likeness (QED) is 0.300. The van der Waals surface area contributed by atoms with E-state index in [9.17, 15) is 5.11 Å². The molecule has 8 heteroatoms. The molecule has 170 valence electrons. The highest BCUT2D eigenvalue weighted by Crippen LogP contribution is 2.47. The van der Waals surface area contributed by atoms with Crippen LogP contribution in [0.3, 0.4) is 0 Å². The maximum absolute atomic E-state index is 11.1. The number of phenolic OH excluding ortho intramolecular Hbond substituents is 1. The van der Waals surface area contributed by atoms with Gasteiger partial charge in [-0.15, -0.1) is 0 Å². The van der Waals surface area contributed by atoms with E-state index in [1.54, 1.807) is 51.5 Å². The summed E-state index contributed by atoms with van der Waals surface area (Å²) < 4.78 is 24.7. The van der Waals surface area contributed by atoms with Crippen LogP contribution in [0.5, 0.6) is 28.7 Å². The lowest BCUT2D eigenvalue weighted by atomic mass is 9.99. The molecule has 0 atom stereocenters. The number of phenols is 1. The number of halogens is 1. The molecule has 0 saturated heterocycles. The molecule has 1 aromatic heterocycles. The second-order valence-corrected chi connectivity index (χ2v) is 8.23. The minimum absolute atomic E-state index is 0.0145. The Labute approximate surface area is 205 Å². The maximum Gasteiger partial charge on any atom is 0.161 e. The summed E-state index contributed by atoms with van der Waals surface area (Å²) in [7, 11) is 6.30. The van der Waals surface area contributed by atoms with Crippen LogP contribution in [0.25, 0.3) is 28.1 Å². The molecule has 0 aliphatic heterocycles. The lowest BCUT2D eigenvalue weighted by molar-refractivity contribution is 0.355. The van der Waals surface area contributed by atoms with Gasteiger partial charge in [-0.1, -0.05) is 18.2 Å². The van der Waals surface area contributed by atoms with Gasteiger partial charge in [0.25, 0.3) is 0 Å². The third-order valence-corrected chi connectivity index (χ3v) is 6.17. The summed E-state index contributed by atoms with van der Waals surface area (Å²) in [6, 6.07) is 16.8. The molecular weight excluding hydrogens is 535 g/mol.